The molecule has 0 aromatic heterocycles. The molecule has 40 valence electrons. The molecular formula is C5H10N2. The second kappa shape index (κ2) is 3.48. The molecule has 0 N–H and O–H groups in total. The van der Waals surface area contributed by atoms with E-state index in [-0.39, 0.29) is 0 Å². The first kappa shape index (κ1) is 6.29. The number of hydrogen-bond acceptors (Lipinski definition) is 1. The minimum atomic E-state index is 0.833. The number of nitrogens with zero attached hydrogens (tertiary/aromatic N) is 2. The van der Waals surface area contributed by atoms with Crippen LogP contribution in [0.3, 0.4) is 0 Å². The lowest BCUT2D eigenvalue weighted by atomic mass is 10.6. The molecule has 0 unspecified atom stereocenters. The summed E-state index contributed by atoms with van der Waals surface area (Å²) in [6.07, 6.45) is 0. The monoisotopic (exact) mass is 98.1 g/mol. The topological polar surface area (TPSA) is 7.60 Å². The van der Waals surface area contributed by atoms with Gasteiger partial charge in [0.05, 0.1) is 13.1 Å². The Morgan fingerprint density at radius 1 is 1.43 bits per heavy atom. The van der Waals surface area contributed by atoms with Crippen molar-refractivity contribution in [1.29, 1.82) is 0 Å². The molecule has 7 heavy (non-hydrogen) atoms. The maximum Gasteiger partial charge on any atom is 0.0832 e. The summed E-state index contributed by atoms with van der Waals surface area (Å²) in [7, 11) is 0. The molecule has 0 aliphatic carbocycles. The summed E-state index contributed by atoms with van der Waals surface area (Å²) >= 11 is 0. The van der Waals surface area contributed by atoms with E-state index in [9.17, 15) is 0 Å². The molecule has 0 spiro atoms. The van der Waals surface area contributed by atoms with Crippen molar-refractivity contribution in [2.75, 3.05) is 13.1 Å². The van der Waals surface area contributed by atoms with Gasteiger partial charge in [0, 0.05) is 0 Å². The molecule has 0 radical (unpaired) electrons. The van der Waals surface area contributed by atoms with Crippen molar-refractivity contribution in [3.05, 3.63) is 11.5 Å². The predicted molar refractivity (Wildman–Crippen MR) is 29.5 cm³/mol. The average molecular weight is 98.1 g/mol. The van der Waals surface area contributed by atoms with Crippen molar-refractivity contribution in [3.8, 4) is 0 Å². The van der Waals surface area contributed by atoms with Crippen LogP contribution in [0.25, 0.3) is 4.95 Å². The van der Waals surface area contributed by atoms with Crippen molar-refractivity contribution in [1.82, 2.24) is 5.01 Å². The molecule has 2 heteroatoms. The highest BCUT2D eigenvalue weighted by atomic mass is 15.4. The molecule has 0 fully saturated rings. The molecule has 0 saturated heterocycles. The second-order valence-corrected chi connectivity index (χ2v) is 1.24. The molecule has 0 rings (SSSR count). The fourth-order valence-corrected chi connectivity index (χ4v) is 0.365. The maximum absolute atomic E-state index is 6.51. The summed E-state index contributed by atoms with van der Waals surface area (Å²) in [6.45, 7) is 12.1. The molecule has 0 aliphatic heterocycles. The van der Waals surface area contributed by atoms with Gasteiger partial charge < -0.3 is 0 Å². The first-order chi connectivity index (χ1) is 3.35. The summed E-state index contributed by atoms with van der Waals surface area (Å²) < 4.78 is 0. The van der Waals surface area contributed by atoms with E-state index in [0.717, 1.165) is 13.1 Å². The van der Waals surface area contributed by atoms with Crippen LogP contribution >= 0.6 is 0 Å². The van der Waals surface area contributed by atoms with Crippen molar-refractivity contribution in [2.24, 2.45) is 0 Å². The highest BCUT2D eigenvalue weighted by Gasteiger charge is 1.92. The van der Waals surface area contributed by atoms with Gasteiger partial charge in [0.2, 0.25) is 0 Å². The first-order valence-corrected chi connectivity index (χ1v) is 2.47. The van der Waals surface area contributed by atoms with Crippen molar-refractivity contribution >= 4 is 0 Å². The van der Waals surface area contributed by atoms with Gasteiger partial charge in [0.25, 0.3) is 0 Å². The van der Waals surface area contributed by atoms with Gasteiger partial charge in [-0.25, -0.2) is 0 Å². The zero-order chi connectivity index (χ0) is 5.70. The van der Waals surface area contributed by atoms with Gasteiger partial charge in [-0.05, 0) is 13.8 Å². The molecule has 0 aromatic rings. The molecule has 0 aliphatic rings. The van der Waals surface area contributed by atoms with E-state index in [2.05, 4.69) is 4.95 Å². The van der Waals surface area contributed by atoms with E-state index in [4.69, 9.17) is 6.57 Å². The van der Waals surface area contributed by atoms with Gasteiger partial charge >= 0.3 is 0 Å². The Balaban J connectivity index is 3.23. The maximum atomic E-state index is 6.51. The van der Waals surface area contributed by atoms with Crippen molar-refractivity contribution in [2.45, 2.75) is 13.8 Å². The zero-order valence-corrected chi connectivity index (χ0v) is 4.81. The van der Waals surface area contributed by atoms with Crippen LogP contribution in [0.5, 0.6) is 0 Å². The van der Waals surface area contributed by atoms with E-state index in [0.29, 0.717) is 0 Å². The molecule has 0 amide bonds. The highest BCUT2D eigenvalue weighted by molar-refractivity contribution is 4.52. The van der Waals surface area contributed by atoms with Crippen LogP contribution in [0, 0.1) is 6.57 Å². The van der Waals surface area contributed by atoms with Gasteiger partial charge in [0.1, 0.15) is 0 Å². The normalized spacial score (nSPS) is 7.57. The fourth-order valence-electron chi connectivity index (χ4n) is 0.365. The highest BCUT2D eigenvalue weighted by Crippen LogP contribution is 1.83. The Labute approximate surface area is 44.5 Å². The van der Waals surface area contributed by atoms with Crippen LogP contribution in [0.4, 0.5) is 0 Å². The van der Waals surface area contributed by atoms with E-state index >= 15 is 0 Å². The average Bonchev–Trinajstić information content (AvgIpc) is 1.72. The summed E-state index contributed by atoms with van der Waals surface area (Å²) in [5.41, 5.74) is 0. The SMILES string of the molecule is [C-]#[N+]N(CC)CC. The molecular weight excluding hydrogens is 88.1 g/mol. The quantitative estimate of drug-likeness (QED) is 0.371. The van der Waals surface area contributed by atoms with Gasteiger partial charge in [-0.15, -0.1) is 5.01 Å². The molecule has 0 atom stereocenters. The Morgan fingerprint density at radius 2 is 1.86 bits per heavy atom. The van der Waals surface area contributed by atoms with Gasteiger partial charge in [-0.3, -0.25) is 0 Å². The van der Waals surface area contributed by atoms with E-state index in [1.54, 1.807) is 5.01 Å². The van der Waals surface area contributed by atoms with Crippen LogP contribution in [0.1, 0.15) is 13.8 Å². The van der Waals surface area contributed by atoms with Gasteiger partial charge in [-0.1, -0.05) is 0 Å². The molecule has 0 heterocycles. The minimum absolute atomic E-state index is 0.833. The second-order valence-electron chi connectivity index (χ2n) is 1.24. The fraction of sp³-hybridized carbons (Fsp3) is 0.800. The third kappa shape index (κ3) is 2.05. The van der Waals surface area contributed by atoms with Crippen LogP contribution in [0.15, 0.2) is 0 Å². The van der Waals surface area contributed by atoms with Crippen molar-refractivity contribution < 1.29 is 0 Å². The van der Waals surface area contributed by atoms with Crippen molar-refractivity contribution in [3.63, 3.8) is 0 Å². The Kier molecular flexibility index (Phi) is 3.13. The summed E-state index contributed by atoms with van der Waals surface area (Å²) in [4.78, 5) is 3.21. The lowest BCUT2D eigenvalue weighted by molar-refractivity contribution is 0.413. The summed E-state index contributed by atoms with van der Waals surface area (Å²) in [5, 5.41) is 1.67. The smallest absolute Gasteiger partial charge is 0.0832 e. The third-order valence-electron chi connectivity index (χ3n) is 0.871. The van der Waals surface area contributed by atoms with E-state index in [1.807, 2.05) is 13.8 Å². The molecule has 0 aromatic carbocycles. The van der Waals surface area contributed by atoms with Crippen LogP contribution in [0.2, 0.25) is 0 Å². The van der Waals surface area contributed by atoms with Crippen LogP contribution < -0.4 is 0 Å². The lowest BCUT2D eigenvalue weighted by Crippen LogP contribution is -2.12. The lowest BCUT2D eigenvalue weighted by Gasteiger charge is -1.99. The minimum Gasteiger partial charge on any atom is -0.184 e. The summed E-state index contributed by atoms with van der Waals surface area (Å²) in [5.74, 6) is 0. The third-order valence-corrected chi connectivity index (χ3v) is 0.871. The van der Waals surface area contributed by atoms with E-state index in [1.165, 1.54) is 0 Å². The largest absolute Gasteiger partial charge is 0.184 e. The number of rotatable bonds is 2. The first-order valence-electron chi connectivity index (χ1n) is 2.47. The van der Waals surface area contributed by atoms with Gasteiger partial charge in [-0.2, -0.15) is 11.5 Å². The van der Waals surface area contributed by atoms with E-state index < -0.39 is 0 Å². The van der Waals surface area contributed by atoms with Crippen LogP contribution in [-0.4, -0.2) is 18.1 Å². The van der Waals surface area contributed by atoms with Crippen LogP contribution in [-0.2, 0) is 0 Å². The van der Waals surface area contributed by atoms with Gasteiger partial charge in [0.15, 0.2) is 0 Å². The molecule has 0 saturated carbocycles. The predicted octanol–water partition coefficient (Wildman–Crippen LogP) is 1.16. The Bertz CT molecular complexity index is 68.6. The Morgan fingerprint density at radius 3 is 1.86 bits per heavy atom. The standard InChI is InChI=1S/C5H10N2/c1-4-7(5-2)6-3/h4-5H2,1-2H3. The summed E-state index contributed by atoms with van der Waals surface area (Å²) in [6, 6.07) is 0. The molecule has 2 nitrogen and oxygen atoms in total. The zero-order valence-electron chi connectivity index (χ0n) is 4.81. The Hall–Kier alpha value is -0.710. The molecule has 0 bridgehead atoms. The number of hydrogen-bond donors (Lipinski definition) is 0.